The minimum absolute atomic E-state index is 0.0840. The third-order valence-electron chi connectivity index (χ3n) is 3.89. The van der Waals surface area contributed by atoms with Gasteiger partial charge in [-0.25, -0.2) is 13.1 Å². The molecule has 0 aromatic heterocycles. The van der Waals surface area contributed by atoms with E-state index in [0.29, 0.717) is 5.69 Å². The number of rotatable bonds is 7. The maximum Gasteiger partial charge on any atom is 0.243 e. The highest BCUT2D eigenvalue weighted by molar-refractivity contribution is 7.89. The summed E-state index contributed by atoms with van der Waals surface area (Å²) in [5.74, 6) is -0.874. The van der Waals surface area contributed by atoms with E-state index >= 15 is 0 Å². The molecular formula is C19H23N3O4S. The molecule has 0 saturated heterocycles. The van der Waals surface area contributed by atoms with Crippen LogP contribution in [0.1, 0.15) is 11.1 Å². The van der Waals surface area contributed by atoms with Gasteiger partial charge < -0.3 is 10.2 Å². The molecule has 0 unspecified atom stereocenters. The summed E-state index contributed by atoms with van der Waals surface area (Å²) < 4.78 is 26.7. The van der Waals surface area contributed by atoms with Gasteiger partial charge in [0.1, 0.15) is 0 Å². The van der Waals surface area contributed by atoms with E-state index in [1.54, 1.807) is 24.3 Å². The number of carbonyl (C=O) groups is 2. The lowest BCUT2D eigenvalue weighted by Crippen LogP contribution is -2.41. The van der Waals surface area contributed by atoms with Crippen LogP contribution in [0.5, 0.6) is 0 Å². The van der Waals surface area contributed by atoms with Crippen LogP contribution in [0.15, 0.2) is 53.4 Å². The number of likely N-dealkylation sites (N-methyl/N-ethyl adjacent to an activating group) is 1. The van der Waals surface area contributed by atoms with E-state index in [2.05, 4.69) is 10.0 Å². The smallest absolute Gasteiger partial charge is 0.243 e. The Morgan fingerprint density at radius 1 is 0.926 bits per heavy atom. The predicted molar refractivity (Wildman–Crippen MR) is 104 cm³/mol. The van der Waals surface area contributed by atoms with Crippen LogP contribution in [0.2, 0.25) is 0 Å². The molecule has 0 aliphatic carbocycles. The van der Waals surface area contributed by atoms with Crippen molar-refractivity contribution < 1.29 is 18.0 Å². The number of sulfonamides is 1. The summed E-state index contributed by atoms with van der Waals surface area (Å²) in [6.07, 6.45) is 0. The van der Waals surface area contributed by atoms with Gasteiger partial charge in [0.25, 0.3) is 0 Å². The number of aryl methyl sites for hydroxylation is 2. The predicted octanol–water partition coefficient (Wildman–Crippen LogP) is 1.68. The van der Waals surface area contributed by atoms with Gasteiger partial charge in [0, 0.05) is 12.7 Å². The highest BCUT2D eigenvalue weighted by Crippen LogP contribution is 2.10. The van der Waals surface area contributed by atoms with E-state index in [-0.39, 0.29) is 17.3 Å². The molecule has 2 aromatic rings. The fourth-order valence-corrected chi connectivity index (χ4v) is 3.21. The van der Waals surface area contributed by atoms with Crippen molar-refractivity contribution in [2.45, 2.75) is 18.7 Å². The molecule has 2 rings (SSSR count). The first-order valence-electron chi connectivity index (χ1n) is 8.34. The SMILES string of the molecule is Cc1ccc(NC(=O)CN(C)C(=O)CNS(=O)(=O)c2ccc(C)cc2)cc1. The maximum absolute atomic E-state index is 12.2. The summed E-state index contributed by atoms with van der Waals surface area (Å²) in [7, 11) is -2.34. The van der Waals surface area contributed by atoms with Crippen molar-refractivity contribution in [1.29, 1.82) is 0 Å². The van der Waals surface area contributed by atoms with Crippen LogP contribution in [0, 0.1) is 13.8 Å². The molecule has 0 radical (unpaired) electrons. The minimum atomic E-state index is -3.78. The average molecular weight is 389 g/mol. The van der Waals surface area contributed by atoms with Crippen molar-refractivity contribution in [3.05, 3.63) is 59.7 Å². The Labute approximate surface area is 159 Å². The van der Waals surface area contributed by atoms with E-state index in [0.717, 1.165) is 11.1 Å². The Morgan fingerprint density at radius 2 is 1.44 bits per heavy atom. The summed E-state index contributed by atoms with van der Waals surface area (Å²) in [5, 5.41) is 2.69. The number of nitrogens with zero attached hydrogens (tertiary/aromatic N) is 1. The zero-order valence-electron chi connectivity index (χ0n) is 15.5. The number of hydrogen-bond donors (Lipinski definition) is 2. The fourth-order valence-electron chi connectivity index (χ4n) is 2.23. The number of nitrogens with one attached hydrogen (secondary N) is 2. The van der Waals surface area contributed by atoms with Gasteiger partial charge in [-0.3, -0.25) is 9.59 Å². The number of benzene rings is 2. The molecule has 27 heavy (non-hydrogen) atoms. The van der Waals surface area contributed by atoms with Crippen LogP contribution >= 0.6 is 0 Å². The zero-order valence-corrected chi connectivity index (χ0v) is 16.3. The van der Waals surface area contributed by atoms with E-state index < -0.39 is 22.5 Å². The first kappa shape index (κ1) is 20.6. The van der Waals surface area contributed by atoms with Crippen molar-refractivity contribution in [2.75, 3.05) is 25.5 Å². The van der Waals surface area contributed by atoms with Gasteiger partial charge in [-0.05, 0) is 38.1 Å². The van der Waals surface area contributed by atoms with Crippen LogP contribution in [-0.2, 0) is 19.6 Å². The van der Waals surface area contributed by atoms with Gasteiger partial charge in [0.15, 0.2) is 0 Å². The van der Waals surface area contributed by atoms with Crippen LogP contribution in [-0.4, -0.2) is 45.3 Å². The quantitative estimate of drug-likeness (QED) is 0.753. The molecule has 0 heterocycles. The molecule has 0 atom stereocenters. The molecule has 0 bridgehead atoms. The van der Waals surface area contributed by atoms with Gasteiger partial charge in [-0.15, -0.1) is 0 Å². The second-order valence-corrected chi connectivity index (χ2v) is 8.07. The van der Waals surface area contributed by atoms with Crippen molar-refractivity contribution >= 4 is 27.5 Å². The third-order valence-corrected chi connectivity index (χ3v) is 5.30. The van der Waals surface area contributed by atoms with Crippen LogP contribution in [0.3, 0.4) is 0 Å². The van der Waals surface area contributed by atoms with Gasteiger partial charge >= 0.3 is 0 Å². The molecule has 0 aliphatic rings. The van der Waals surface area contributed by atoms with Crippen molar-refractivity contribution in [3.63, 3.8) is 0 Å². The highest BCUT2D eigenvalue weighted by atomic mass is 32.2. The Kier molecular flexibility index (Phi) is 6.70. The minimum Gasteiger partial charge on any atom is -0.335 e. The summed E-state index contributed by atoms with van der Waals surface area (Å²) in [6, 6.07) is 13.6. The van der Waals surface area contributed by atoms with E-state index in [1.807, 2.05) is 26.0 Å². The summed E-state index contributed by atoms with van der Waals surface area (Å²) in [6.45, 7) is 3.18. The third kappa shape index (κ3) is 6.19. The van der Waals surface area contributed by atoms with Gasteiger partial charge in [0.2, 0.25) is 21.8 Å². The number of amides is 2. The Hall–Kier alpha value is -2.71. The van der Waals surface area contributed by atoms with Gasteiger partial charge in [-0.1, -0.05) is 35.4 Å². The lowest BCUT2D eigenvalue weighted by atomic mass is 10.2. The normalized spacial score (nSPS) is 11.1. The Bertz CT molecular complexity index is 907. The van der Waals surface area contributed by atoms with Crippen molar-refractivity contribution in [3.8, 4) is 0 Å². The second kappa shape index (κ2) is 8.79. The lowest BCUT2D eigenvalue weighted by molar-refractivity contribution is -0.132. The van der Waals surface area contributed by atoms with Crippen molar-refractivity contribution in [1.82, 2.24) is 9.62 Å². The largest absolute Gasteiger partial charge is 0.335 e. The molecule has 0 fully saturated rings. The Balaban J connectivity index is 1.86. The van der Waals surface area contributed by atoms with Crippen LogP contribution < -0.4 is 10.0 Å². The number of anilines is 1. The van der Waals surface area contributed by atoms with Crippen LogP contribution in [0.25, 0.3) is 0 Å². The lowest BCUT2D eigenvalue weighted by Gasteiger charge is -2.17. The molecule has 0 saturated carbocycles. The molecule has 2 N–H and O–H groups in total. The van der Waals surface area contributed by atoms with Crippen LogP contribution in [0.4, 0.5) is 5.69 Å². The maximum atomic E-state index is 12.2. The molecular weight excluding hydrogens is 366 g/mol. The molecule has 2 aromatic carbocycles. The van der Waals surface area contributed by atoms with Crippen molar-refractivity contribution in [2.24, 2.45) is 0 Å². The van der Waals surface area contributed by atoms with Gasteiger partial charge in [-0.2, -0.15) is 0 Å². The number of hydrogen-bond acceptors (Lipinski definition) is 4. The summed E-state index contributed by atoms with van der Waals surface area (Å²) in [5.41, 5.74) is 2.64. The number of carbonyl (C=O) groups excluding carboxylic acids is 2. The van der Waals surface area contributed by atoms with E-state index in [4.69, 9.17) is 0 Å². The standard InChI is InChI=1S/C19H23N3O4S/c1-14-4-8-16(9-5-14)21-18(23)13-22(3)19(24)12-20-27(25,26)17-10-6-15(2)7-11-17/h4-11,20H,12-13H2,1-3H3,(H,21,23). The second-order valence-electron chi connectivity index (χ2n) is 6.30. The molecule has 144 valence electrons. The Morgan fingerprint density at radius 3 is 2.00 bits per heavy atom. The van der Waals surface area contributed by atoms with E-state index in [9.17, 15) is 18.0 Å². The molecule has 2 amide bonds. The monoisotopic (exact) mass is 389 g/mol. The molecule has 0 spiro atoms. The zero-order chi connectivity index (χ0) is 20.0. The fraction of sp³-hybridized carbons (Fsp3) is 0.263. The summed E-state index contributed by atoms with van der Waals surface area (Å²) >= 11 is 0. The topological polar surface area (TPSA) is 95.6 Å². The first-order chi connectivity index (χ1) is 12.7. The first-order valence-corrected chi connectivity index (χ1v) is 9.82. The summed E-state index contributed by atoms with van der Waals surface area (Å²) in [4.78, 5) is 25.4. The average Bonchev–Trinajstić information content (AvgIpc) is 2.62. The van der Waals surface area contributed by atoms with Gasteiger partial charge in [0.05, 0.1) is 18.0 Å². The van der Waals surface area contributed by atoms with E-state index in [1.165, 1.54) is 24.1 Å². The molecule has 8 heteroatoms. The molecule has 0 aliphatic heterocycles. The highest BCUT2D eigenvalue weighted by Gasteiger charge is 2.18. The molecule has 7 nitrogen and oxygen atoms in total.